The summed E-state index contributed by atoms with van der Waals surface area (Å²) >= 11 is 19.8. The van der Waals surface area contributed by atoms with Crippen molar-refractivity contribution in [3.05, 3.63) is 63.1 Å². The van der Waals surface area contributed by atoms with E-state index in [9.17, 15) is 4.79 Å². The fourth-order valence-electron chi connectivity index (χ4n) is 2.44. The summed E-state index contributed by atoms with van der Waals surface area (Å²) < 4.78 is 5.56. The number of carbonyl (C=O) groups excluding carboxylic acids is 1. The number of carbonyl (C=O) groups is 1. The molecule has 1 atom stereocenters. The lowest BCUT2D eigenvalue weighted by atomic mass is 10.2. The Hall–Kier alpha value is -1.07. The van der Waals surface area contributed by atoms with Crippen LogP contribution >= 0.6 is 46.6 Å². The number of hydrogen-bond donors (Lipinski definition) is 0. The van der Waals surface area contributed by atoms with Crippen LogP contribution in [0.5, 0.6) is 5.75 Å². The third-order valence-corrected chi connectivity index (χ3v) is 5.67. The largest absolute Gasteiger partial charge is 0.484 e. The first kappa shape index (κ1) is 17.7. The van der Waals surface area contributed by atoms with Gasteiger partial charge in [-0.2, -0.15) is 0 Å². The topological polar surface area (TPSA) is 29.5 Å². The Kier molecular flexibility index (Phi) is 5.82. The Morgan fingerprint density at radius 1 is 1.12 bits per heavy atom. The van der Waals surface area contributed by atoms with Crippen molar-refractivity contribution in [2.45, 2.75) is 5.37 Å². The highest BCUT2D eigenvalue weighted by atomic mass is 35.5. The highest BCUT2D eigenvalue weighted by molar-refractivity contribution is 7.99. The van der Waals surface area contributed by atoms with E-state index in [1.165, 1.54) is 0 Å². The van der Waals surface area contributed by atoms with Crippen molar-refractivity contribution in [2.24, 2.45) is 0 Å². The molecule has 1 aliphatic rings. The first-order chi connectivity index (χ1) is 11.5. The maximum Gasteiger partial charge on any atom is 0.261 e. The van der Waals surface area contributed by atoms with E-state index in [4.69, 9.17) is 39.5 Å². The zero-order valence-corrected chi connectivity index (χ0v) is 15.6. The van der Waals surface area contributed by atoms with Crippen molar-refractivity contribution in [3.63, 3.8) is 0 Å². The molecular weight excluding hydrogens is 389 g/mol. The molecule has 1 unspecified atom stereocenters. The summed E-state index contributed by atoms with van der Waals surface area (Å²) in [5.41, 5.74) is 0.892. The summed E-state index contributed by atoms with van der Waals surface area (Å²) in [5.74, 6) is 1.39. The number of thioether (sulfide) groups is 1. The van der Waals surface area contributed by atoms with Crippen LogP contribution in [0.1, 0.15) is 10.9 Å². The van der Waals surface area contributed by atoms with E-state index in [1.807, 2.05) is 6.07 Å². The minimum Gasteiger partial charge on any atom is -0.484 e. The molecule has 126 valence electrons. The molecular formula is C17H14Cl3NO2S. The molecule has 0 aromatic heterocycles. The second-order valence-electron chi connectivity index (χ2n) is 5.22. The second kappa shape index (κ2) is 7.87. The SMILES string of the molecule is O=C(COc1ccc(Cl)cc1)N1CCSC1c1ccc(Cl)cc1Cl. The average molecular weight is 403 g/mol. The van der Waals surface area contributed by atoms with Crippen LogP contribution < -0.4 is 4.74 Å². The van der Waals surface area contributed by atoms with E-state index in [2.05, 4.69) is 0 Å². The number of nitrogens with zero attached hydrogens (tertiary/aromatic N) is 1. The fourth-order valence-corrected chi connectivity index (χ4v) is 4.46. The third kappa shape index (κ3) is 4.12. The molecule has 1 saturated heterocycles. The van der Waals surface area contributed by atoms with Crippen LogP contribution in [0.2, 0.25) is 15.1 Å². The zero-order chi connectivity index (χ0) is 17.1. The van der Waals surface area contributed by atoms with Crippen molar-refractivity contribution in [2.75, 3.05) is 18.9 Å². The van der Waals surface area contributed by atoms with Crippen LogP contribution in [0.15, 0.2) is 42.5 Å². The summed E-state index contributed by atoms with van der Waals surface area (Å²) in [7, 11) is 0. The Morgan fingerprint density at radius 2 is 1.83 bits per heavy atom. The predicted molar refractivity (Wildman–Crippen MR) is 100 cm³/mol. The molecule has 0 N–H and O–H groups in total. The van der Waals surface area contributed by atoms with Crippen molar-refractivity contribution < 1.29 is 9.53 Å². The number of rotatable bonds is 4. The molecule has 1 amide bonds. The molecule has 0 aliphatic carbocycles. The number of halogens is 3. The second-order valence-corrected chi connectivity index (χ2v) is 7.69. The van der Waals surface area contributed by atoms with Gasteiger partial charge in [-0.25, -0.2) is 0 Å². The standard InChI is InChI=1S/C17H14Cl3NO2S/c18-11-1-4-13(5-2-11)23-10-16(22)21-7-8-24-17(21)14-6-3-12(19)9-15(14)20/h1-6,9,17H,7-8,10H2. The van der Waals surface area contributed by atoms with Crippen LogP contribution in [0, 0.1) is 0 Å². The highest BCUT2D eigenvalue weighted by Gasteiger charge is 2.32. The number of ether oxygens (including phenoxy) is 1. The van der Waals surface area contributed by atoms with E-state index in [0.717, 1.165) is 11.3 Å². The molecule has 0 spiro atoms. The summed E-state index contributed by atoms with van der Waals surface area (Å²) in [6.07, 6.45) is 0. The molecule has 3 rings (SSSR count). The van der Waals surface area contributed by atoms with Gasteiger partial charge in [0.1, 0.15) is 11.1 Å². The van der Waals surface area contributed by atoms with Gasteiger partial charge >= 0.3 is 0 Å². The minimum absolute atomic E-state index is 0.0239. The summed E-state index contributed by atoms with van der Waals surface area (Å²) in [6, 6.07) is 12.3. The molecule has 3 nitrogen and oxygen atoms in total. The Labute approximate surface area is 159 Å². The first-order valence-electron chi connectivity index (χ1n) is 7.29. The van der Waals surface area contributed by atoms with Gasteiger partial charge in [-0.15, -0.1) is 11.8 Å². The smallest absolute Gasteiger partial charge is 0.261 e. The normalized spacial score (nSPS) is 17.1. The molecule has 1 aliphatic heterocycles. The first-order valence-corrected chi connectivity index (χ1v) is 9.47. The van der Waals surface area contributed by atoms with Gasteiger partial charge in [0.15, 0.2) is 6.61 Å². The third-order valence-electron chi connectivity index (χ3n) is 3.62. The van der Waals surface area contributed by atoms with Gasteiger partial charge < -0.3 is 9.64 Å². The maximum atomic E-state index is 12.5. The lowest BCUT2D eigenvalue weighted by molar-refractivity contribution is -0.133. The fraction of sp³-hybridized carbons (Fsp3) is 0.235. The van der Waals surface area contributed by atoms with Crippen LogP contribution in [-0.2, 0) is 4.79 Å². The molecule has 7 heteroatoms. The van der Waals surface area contributed by atoms with E-state index in [1.54, 1.807) is 53.1 Å². The van der Waals surface area contributed by atoms with Gasteiger partial charge in [-0.3, -0.25) is 4.79 Å². The molecule has 0 bridgehead atoms. The van der Waals surface area contributed by atoms with Crippen LogP contribution in [0.25, 0.3) is 0 Å². The van der Waals surface area contributed by atoms with Crippen LogP contribution in [0.4, 0.5) is 0 Å². The average Bonchev–Trinajstić information content (AvgIpc) is 3.03. The van der Waals surface area contributed by atoms with Gasteiger partial charge in [0.05, 0.1) is 0 Å². The number of benzene rings is 2. The lowest BCUT2D eigenvalue weighted by Gasteiger charge is -2.25. The Morgan fingerprint density at radius 3 is 2.54 bits per heavy atom. The van der Waals surface area contributed by atoms with Crippen LogP contribution in [-0.4, -0.2) is 29.7 Å². The minimum atomic E-state index is -0.115. The molecule has 2 aromatic rings. The van der Waals surface area contributed by atoms with Gasteiger partial charge in [0.25, 0.3) is 5.91 Å². The molecule has 2 aromatic carbocycles. The monoisotopic (exact) mass is 401 g/mol. The van der Waals surface area contributed by atoms with Crippen LogP contribution in [0.3, 0.4) is 0 Å². The van der Waals surface area contributed by atoms with E-state index < -0.39 is 0 Å². The van der Waals surface area contributed by atoms with Gasteiger partial charge in [-0.05, 0) is 36.4 Å². The van der Waals surface area contributed by atoms with Gasteiger partial charge in [0.2, 0.25) is 0 Å². The van der Waals surface area contributed by atoms with E-state index in [-0.39, 0.29) is 17.9 Å². The summed E-state index contributed by atoms with van der Waals surface area (Å²) in [5, 5.41) is 1.66. The van der Waals surface area contributed by atoms with Crippen molar-refractivity contribution in [1.29, 1.82) is 0 Å². The number of amides is 1. The Bertz CT molecular complexity index is 739. The van der Waals surface area contributed by atoms with Crippen molar-refractivity contribution >= 4 is 52.5 Å². The summed E-state index contributed by atoms with van der Waals surface area (Å²) in [4.78, 5) is 14.3. The Balaban J connectivity index is 1.68. The van der Waals surface area contributed by atoms with Gasteiger partial charge in [-0.1, -0.05) is 40.9 Å². The predicted octanol–water partition coefficient (Wildman–Crippen LogP) is 5.30. The van der Waals surface area contributed by atoms with E-state index >= 15 is 0 Å². The van der Waals surface area contributed by atoms with Gasteiger partial charge in [0, 0.05) is 32.9 Å². The molecule has 1 heterocycles. The maximum absolute atomic E-state index is 12.5. The van der Waals surface area contributed by atoms with E-state index in [0.29, 0.717) is 27.4 Å². The number of hydrogen-bond acceptors (Lipinski definition) is 3. The summed E-state index contributed by atoms with van der Waals surface area (Å²) in [6.45, 7) is 0.640. The highest BCUT2D eigenvalue weighted by Crippen LogP contribution is 2.41. The van der Waals surface area contributed by atoms with Crippen molar-refractivity contribution in [3.8, 4) is 5.75 Å². The molecule has 0 radical (unpaired) electrons. The van der Waals surface area contributed by atoms with Crippen molar-refractivity contribution in [1.82, 2.24) is 4.90 Å². The quantitative estimate of drug-likeness (QED) is 0.695. The zero-order valence-electron chi connectivity index (χ0n) is 12.5. The lowest BCUT2D eigenvalue weighted by Crippen LogP contribution is -2.34. The molecule has 24 heavy (non-hydrogen) atoms. The molecule has 1 fully saturated rings. The molecule has 0 saturated carbocycles.